The first-order valence-electron chi connectivity index (χ1n) is 10.1. The van der Waals surface area contributed by atoms with Gasteiger partial charge in [0.1, 0.15) is 12.3 Å². The number of benzene rings is 2. The van der Waals surface area contributed by atoms with Gasteiger partial charge in [0.15, 0.2) is 11.5 Å². The number of nitrogens with one attached hydrogen (secondary N) is 1. The molecule has 0 radical (unpaired) electrons. The van der Waals surface area contributed by atoms with E-state index < -0.39 is 5.56 Å². The largest absolute Gasteiger partial charge is 0.493 e. The molecule has 168 valence electrons. The Morgan fingerprint density at radius 2 is 1.84 bits per heavy atom. The minimum absolute atomic E-state index is 0.0638. The molecule has 0 fully saturated rings. The number of hydrogen-bond donors (Lipinski definition) is 2. The van der Waals surface area contributed by atoms with Crippen molar-refractivity contribution in [3.05, 3.63) is 81.0 Å². The third-order valence-electron chi connectivity index (χ3n) is 4.79. The van der Waals surface area contributed by atoms with E-state index in [9.17, 15) is 9.59 Å². The summed E-state index contributed by atoms with van der Waals surface area (Å²) in [6.45, 7) is 4.17. The van der Waals surface area contributed by atoms with E-state index in [-0.39, 0.29) is 22.3 Å². The van der Waals surface area contributed by atoms with Crippen molar-refractivity contribution in [2.75, 3.05) is 18.3 Å². The van der Waals surface area contributed by atoms with Crippen LogP contribution < -0.4 is 26.2 Å². The van der Waals surface area contributed by atoms with E-state index in [0.717, 1.165) is 15.8 Å². The van der Waals surface area contributed by atoms with Crippen molar-refractivity contribution in [2.45, 2.75) is 27.0 Å². The number of nitrogens with two attached hydrogens (primary N) is 1. The summed E-state index contributed by atoms with van der Waals surface area (Å²) in [5, 5.41) is 2.61. The number of amides is 1. The van der Waals surface area contributed by atoms with Crippen LogP contribution in [0.25, 0.3) is 0 Å². The van der Waals surface area contributed by atoms with Crippen molar-refractivity contribution in [3.63, 3.8) is 0 Å². The van der Waals surface area contributed by atoms with Crippen LogP contribution in [0, 0.1) is 10.7 Å². The lowest BCUT2D eigenvalue weighted by Crippen LogP contribution is -2.34. The van der Waals surface area contributed by atoms with Crippen molar-refractivity contribution in [1.29, 1.82) is 0 Å². The third-order valence-corrected chi connectivity index (χ3v) is 5.22. The van der Waals surface area contributed by atoms with E-state index in [2.05, 4.69) is 5.32 Å². The van der Waals surface area contributed by atoms with Gasteiger partial charge in [-0.3, -0.25) is 9.59 Å². The fraction of sp³-hybridized carbons (Fsp3) is 0.261. The molecule has 0 bridgehead atoms. The van der Waals surface area contributed by atoms with Gasteiger partial charge < -0.3 is 25.2 Å². The van der Waals surface area contributed by atoms with Gasteiger partial charge in [-0.05, 0) is 35.5 Å². The normalized spacial score (nSPS) is 10.8. The van der Waals surface area contributed by atoms with Crippen LogP contribution in [-0.2, 0) is 17.9 Å². The Bertz CT molecular complexity index is 1220. The Hall–Kier alpha value is -3.59. The molecule has 0 saturated heterocycles. The molecule has 3 rings (SSSR count). The van der Waals surface area contributed by atoms with Gasteiger partial charge in [-0.1, -0.05) is 50.2 Å². The first kappa shape index (κ1) is 23.1. The molecule has 8 nitrogen and oxygen atoms in total. The van der Waals surface area contributed by atoms with Gasteiger partial charge in [0.05, 0.1) is 13.7 Å². The molecule has 1 amide bonds. The number of methoxy groups -OCH3 is 1. The lowest BCUT2D eigenvalue weighted by molar-refractivity contribution is -0.118. The van der Waals surface area contributed by atoms with Gasteiger partial charge in [-0.2, -0.15) is 4.68 Å². The molecule has 0 unspecified atom stereocenters. The van der Waals surface area contributed by atoms with Crippen molar-refractivity contribution in [1.82, 2.24) is 9.24 Å². The number of hydrogen-bond acceptors (Lipinski definition) is 6. The number of nitrogen functional groups attached to an aromatic ring is 1. The maximum atomic E-state index is 12.4. The van der Waals surface area contributed by atoms with Crippen LogP contribution in [0.15, 0.2) is 59.5 Å². The molecule has 1 heterocycles. The Morgan fingerprint density at radius 3 is 2.50 bits per heavy atom. The standard InChI is InChI=1S/C23H26N4O4S/c1-15(2)21(28)25-18-13-26(23(32)27(24)22(18)29)12-17-9-10-19(30-3)20(11-17)31-14-16-7-5-4-6-8-16/h4-11,13,15H,12,14,24H2,1-3H3,(H,25,28). The summed E-state index contributed by atoms with van der Waals surface area (Å²) < 4.78 is 14.0. The average Bonchev–Trinajstić information content (AvgIpc) is 2.80. The predicted octanol–water partition coefficient (Wildman–Crippen LogP) is 3.32. The average molecular weight is 455 g/mol. The van der Waals surface area contributed by atoms with Crippen LogP contribution in [0.2, 0.25) is 0 Å². The van der Waals surface area contributed by atoms with Crippen molar-refractivity contribution >= 4 is 23.8 Å². The number of carbonyl (C=O) groups excluding carboxylic acids is 1. The molecule has 0 atom stereocenters. The van der Waals surface area contributed by atoms with Gasteiger partial charge in [-0.25, -0.2) is 0 Å². The summed E-state index contributed by atoms with van der Waals surface area (Å²) in [6, 6.07) is 15.3. The number of aromatic nitrogens is 2. The number of rotatable bonds is 8. The molecule has 3 N–H and O–H groups in total. The molecule has 2 aromatic carbocycles. The molecule has 0 spiro atoms. The quantitative estimate of drug-likeness (QED) is 0.400. The maximum absolute atomic E-state index is 12.4. The molecule has 0 saturated carbocycles. The second-order valence-electron chi connectivity index (χ2n) is 7.53. The number of nitrogens with zero attached hydrogens (tertiary/aromatic N) is 2. The van der Waals surface area contributed by atoms with E-state index >= 15 is 0 Å². The van der Waals surface area contributed by atoms with Crippen molar-refractivity contribution in [3.8, 4) is 11.5 Å². The van der Waals surface area contributed by atoms with Crippen LogP contribution in [0.1, 0.15) is 25.0 Å². The Kier molecular flexibility index (Phi) is 7.32. The highest BCUT2D eigenvalue weighted by Gasteiger charge is 2.14. The minimum atomic E-state index is -0.568. The number of carbonyl (C=O) groups is 1. The Morgan fingerprint density at radius 1 is 1.12 bits per heavy atom. The monoisotopic (exact) mass is 454 g/mol. The smallest absolute Gasteiger partial charge is 0.296 e. The van der Waals surface area contributed by atoms with Crippen LogP contribution >= 0.6 is 12.2 Å². The van der Waals surface area contributed by atoms with Crippen LogP contribution in [-0.4, -0.2) is 22.3 Å². The van der Waals surface area contributed by atoms with Gasteiger partial charge in [0.2, 0.25) is 10.7 Å². The number of anilines is 1. The van der Waals surface area contributed by atoms with E-state index in [1.807, 2.05) is 42.5 Å². The molecule has 9 heteroatoms. The lowest BCUT2D eigenvalue weighted by atomic mass is 10.2. The van der Waals surface area contributed by atoms with Gasteiger partial charge in [0, 0.05) is 12.1 Å². The highest BCUT2D eigenvalue weighted by atomic mass is 32.1. The van der Waals surface area contributed by atoms with E-state index in [4.69, 9.17) is 27.5 Å². The molecule has 0 aliphatic carbocycles. The van der Waals surface area contributed by atoms with Crippen LogP contribution in [0.3, 0.4) is 0 Å². The molecule has 0 aliphatic heterocycles. The molecular weight excluding hydrogens is 428 g/mol. The third kappa shape index (κ3) is 5.36. The highest BCUT2D eigenvalue weighted by molar-refractivity contribution is 7.71. The molecular formula is C23H26N4O4S. The predicted molar refractivity (Wildman–Crippen MR) is 126 cm³/mol. The minimum Gasteiger partial charge on any atom is -0.493 e. The maximum Gasteiger partial charge on any atom is 0.296 e. The fourth-order valence-corrected chi connectivity index (χ4v) is 3.16. The Balaban J connectivity index is 1.89. The first-order valence-corrected chi connectivity index (χ1v) is 10.5. The zero-order valence-electron chi connectivity index (χ0n) is 18.2. The molecule has 1 aromatic heterocycles. The summed E-state index contributed by atoms with van der Waals surface area (Å²) in [4.78, 5) is 24.5. The van der Waals surface area contributed by atoms with E-state index in [0.29, 0.717) is 24.7 Å². The van der Waals surface area contributed by atoms with Gasteiger partial charge in [0.25, 0.3) is 5.56 Å². The molecule has 0 aliphatic rings. The molecule has 3 aromatic rings. The van der Waals surface area contributed by atoms with Crippen molar-refractivity contribution < 1.29 is 14.3 Å². The summed E-state index contributed by atoms with van der Waals surface area (Å²) >= 11 is 5.33. The summed E-state index contributed by atoms with van der Waals surface area (Å²) in [7, 11) is 1.58. The van der Waals surface area contributed by atoms with E-state index in [1.54, 1.807) is 31.6 Å². The van der Waals surface area contributed by atoms with Crippen LogP contribution in [0.4, 0.5) is 5.69 Å². The van der Waals surface area contributed by atoms with E-state index in [1.165, 1.54) is 6.20 Å². The summed E-state index contributed by atoms with van der Waals surface area (Å²) in [6.07, 6.45) is 1.50. The first-order chi connectivity index (χ1) is 15.3. The molecule has 32 heavy (non-hydrogen) atoms. The van der Waals surface area contributed by atoms with Crippen molar-refractivity contribution in [2.24, 2.45) is 5.92 Å². The second-order valence-corrected chi connectivity index (χ2v) is 7.90. The highest BCUT2D eigenvalue weighted by Crippen LogP contribution is 2.29. The lowest BCUT2D eigenvalue weighted by Gasteiger charge is -2.16. The van der Waals surface area contributed by atoms with Gasteiger partial charge in [-0.15, -0.1) is 0 Å². The number of ether oxygens (including phenoxy) is 2. The SMILES string of the molecule is COc1ccc(Cn2cc(NC(=O)C(C)C)c(=O)n(N)c2=S)cc1OCc1ccccc1. The zero-order valence-corrected chi connectivity index (χ0v) is 19.0. The fourth-order valence-electron chi connectivity index (χ4n) is 2.96. The topological polar surface area (TPSA) is 101 Å². The summed E-state index contributed by atoms with van der Waals surface area (Å²) in [5.41, 5.74) is 1.38. The Labute approximate surface area is 191 Å². The summed E-state index contributed by atoms with van der Waals surface area (Å²) in [5.74, 6) is 6.46. The second kappa shape index (κ2) is 10.1. The van der Waals surface area contributed by atoms with Gasteiger partial charge >= 0.3 is 0 Å². The van der Waals surface area contributed by atoms with Crippen LogP contribution in [0.5, 0.6) is 11.5 Å². The zero-order chi connectivity index (χ0) is 23.3.